The molecule has 0 aliphatic rings. The van der Waals surface area contributed by atoms with E-state index in [0.717, 1.165) is 16.7 Å². The molecule has 3 aromatic heterocycles. The van der Waals surface area contributed by atoms with Gasteiger partial charge in [0.15, 0.2) is 12.3 Å². The number of halogens is 3. The Balaban J connectivity index is 1.39. The van der Waals surface area contributed by atoms with E-state index in [-0.39, 0.29) is 23.7 Å². The van der Waals surface area contributed by atoms with Crippen LogP contribution in [0.1, 0.15) is 11.5 Å². The number of nitrogens with zero attached hydrogens (tertiary/aromatic N) is 6. The summed E-state index contributed by atoms with van der Waals surface area (Å²) < 4.78 is 50.4. The fraction of sp³-hybridized carbons (Fsp3) is 0.222. The normalized spacial score (nSPS) is 11.7. The number of esters is 1. The summed E-state index contributed by atoms with van der Waals surface area (Å²) in [5, 5.41) is 7.86. The van der Waals surface area contributed by atoms with E-state index in [9.17, 15) is 22.8 Å². The number of fused-ring (bicyclic) bond motifs is 1. The zero-order chi connectivity index (χ0) is 22.2. The lowest BCUT2D eigenvalue weighted by Crippen LogP contribution is -2.25. The molecule has 0 fully saturated rings. The highest BCUT2D eigenvalue weighted by Crippen LogP contribution is 2.30. The van der Waals surface area contributed by atoms with Crippen molar-refractivity contribution in [1.29, 1.82) is 0 Å². The Labute approximate surface area is 170 Å². The van der Waals surface area contributed by atoms with Crippen LogP contribution in [0.3, 0.4) is 0 Å². The number of carbonyl (C=O) groups excluding carboxylic acids is 1. The van der Waals surface area contributed by atoms with Gasteiger partial charge in [0.05, 0.1) is 11.8 Å². The molecule has 0 aliphatic heterocycles. The van der Waals surface area contributed by atoms with Gasteiger partial charge in [-0.05, 0) is 12.1 Å². The zero-order valence-corrected chi connectivity index (χ0v) is 15.8. The highest BCUT2D eigenvalue weighted by Gasteiger charge is 2.30. The van der Waals surface area contributed by atoms with Gasteiger partial charge in [-0.15, -0.1) is 0 Å². The molecule has 1 aromatic carbocycles. The molecule has 0 amide bonds. The quantitative estimate of drug-likeness (QED) is 0.438. The highest BCUT2D eigenvalue weighted by molar-refractivity contribution is 5.74. The molecule has 4 rings (SSSR count). The van der Waals surface area contributed by atoms with Crippen LogP contribution in [0, 0.1) is 0 Å². The molecule has 31 heavy (non-hydrogen) atoms. The van der Waals surface area contributed by atoms with E-state index in [0.29, 0.717) is 11.2 Å². The lowest BCUT2D eigenvalue weighted by molar-refractivity contribution is -0.146. The van der Waals surface area contributed by atoms with Gasteiger partial charge in [0.2, 0.25) is 5.82 Å². The monoisotopic (exact) mass is 434 g/mol. The molecule has 0 bridgehead atoms. The summed E-state index contributed by atoms with van der Waals surface area (Å²) in [4.78, 5) is 32.5. The predicted octanol–water partition coefficient (Wildman–Crippen LogP) is 1.94. The van der Waals surface area contributed by atoms with Crippen molar-refractivity contribution in [3.8, 4) is 11.4 Å². The maximum Gasteiger partial charge on any atom is 0.416 e. The number of hydrogen-bond donors (Lipinski definition) is 0. The fourth-order valence-corrected chi connectivity index (χ4v) is 2.75. The van der Waals surface area contributed by atoms with Crippen molar-refractivity contribution < 1.29 is 27.2 Å². The van der Waals surface area contributed by atoms with Crippen molar-refractivity contribution in [2.24, 2.45) is 7.05 Å². The summed E-state index contributed by atoms with van der Waals surface area (Å²) in [6.45, 7) is -0.764. The molecule has 0 saturated carbocycles. The lowest BCUT2D eigenvalue weighted by Gasteiger charge is -2.05. The summed E-state index contributed by atoms with van der Waals surface area (Å²) in [5.74, 6) is -0.764. The van der Waals surface area contributed by atoms with E-state index in [1.54, 1.807) is 7.05 Å². The Morgan fingerprint density at radius 2 is 1.97 bits per heavy atom. The molecule has 0 radical (unpaired) electrons. The minimum atomic E-state index is -4.45. The maximum absolute atomic E-state index is 12.6. The van der Waals surface area contributed by atoms with Crippen LogP contribution in [0.5, 0.6) is 0 Å². The minimum Gasteiger partial charge on any atom is -0.454 e. The van der Waals surface area contributed by atoms with Crippen molar-refractivity contribution in [2.75, 3.05) is 0 Å². The third kappa shape index (κ3) is 4.15. The van der Waals surface area contributed by atoms with Crippen molar-refractivity contribution in [2.45, 2.75) is 19.3 Å². The van der Waals surface area contributed by atoms with Crippen LogP contribution in [0.15, 0.2) is 46.1 Å². The number of rotatable bonds is 5. The molecule has 13 heteroatoms. The number of aryl methyl sites for hydroxylation is 1. The van der Waals surface area contributed by atoms with Gasteiger partial charge in [0, 0.05) is 12.6 Å². The Hall–Kier alpha value is -4.03. The van der Waals surface area contributed by atoms with E-state index >= 15 is 0 Å². The second-order valence-corrected chi connectivity index (χ2v) is 6.43. The van der Waals surface area contributed by atoms with Gasteiger partial charge in [0.1, 0.15) is 18.3 Å². The largest absolute Gasteiger partial charge is 0.454 e. The lowest BCUT2D eigenvalue weighted by atomic mass is 10.1. The number of carbonyl (C=O) groups is 1. The first-order valence-electron chi connectivity index (χ1n) is 8.75. The van der Waals surface area contributed by atoms with E-state index in [2.05, 4.69) is 20.2 Å². The van der Waals surface area contributed by atoms with Crippen LogP contribution >= 0.6 is 0 Å². The maximum atomic E-state index is 12.6. The molecule has 0 spiro atoms. The van der Waals surface area contributed by atoms with Gasteiger partial charge in [-0.25, -0.2) is 4.98 Å². The summed E-state index contributed by atoms with van der Waals surface area (Å²) in [6, 6.07) is 4.21. The summed E-state index contributed by atoms with van der Waals surface area (Å²) in [7, 11) is 1.64. The molecule has 0 saturated heterocycles. The molecule has 4 aromatic rings. The molecule has 160 valence electrons. The second kappa shape index (κ2) is 7.66. The van der Waals surface area contributed by atoms with Crippen molar-refractivity contribution in [3.05, 3.63) is 58.6 Å². The molecule has 0 aliphatic carbocycles. The molecule has 0 N–H and O–H groups in total. The van der Waals surface area contributed by atoms with Gasteiger partial charge in [-0.1, -0.05) is 17.3 Å². The summed E-state index contributed by atoms with van der Waals surface area (Å²) in [6.07, 6.45) is -1.88. The second-order valence-electron chi connectivity index (χ2n) is 6.43. The van der Waals surface area contributed by atoms with Gasteiger partial charge >= 0.3 is 12.1 Å². The zero-order valence-electron chi connectivity index (χ0n) is 15.8. The topological polar surface area (TPSA) is 118 Å². The molecular weight excluding hydrogens is 421 g/mol. The molecule has 3 heterocycles. The van der Waals surface area contributed by atoms with Crippen LogP contribution in [-0.4, -0.2) is 35.4 Å². The van der Waals surface area contributed by atoms with Gasteiger partial charge in [0.25, 0.3) is 11.4 Å². The first-order chi connectivity index (χ1) is 14.7. The molecular formula is C18H13F3N6O4. The summed E-state index contributed by atoms with van der Waals surface area (Å²) in [5.41, 5.74) is -0.562. The number of alkyl halides is 3. The Morgan fingerprint density at radius 1 is 1.23 bits per heavy atom. The minimum absolute atomic E-state index is 0.0437. The van der Waals surface area contributed by atoms with Crippen LogP contribution in [0.4, 0.5) is 13.2 Å². The molecule has 10 nitrogen and oxygen atoms in total. The number of hydrogen-bond acceptors (Lipinski definition) is 8. The Bertz CT molecular complexity index is 1310. The molecule has 0 atom stereocenters. The van der Waals surface area contributed by atoms with Crippen molar-refractivity contribution in [3.63, 3.8) is 0 Å². The Kier molecular flexibility index (Phi) is 5.01. The predicted molar refractivity (Wildman–Crippen MR) is 97.3 cm³/mol. The van der Waals surface area contributed by atoms with Gasteiger partial charge in [-0.2, -0.15) is 23.3 Å². The van der Waals surface area contributed by atoms with Crippen LogP contribution in [0.25, 0.3) is 22.4 Å². The smallest absolute Gasteiger partial charge is 0.416 e. The van der Waals surface area contributed by atoms with E-state index < -0.39 is 29.8 Å². The SMILES string of the molecule is Cn1ncc2c(=O)n(CC(=O)OCc3nc(-c4ccc(C(F)(F)F)cc4)no3)cnc21. The van der Waals surface area contributed by atoms with Crippen LogP contribution in [-0.2, 0) is 35.9 Å². The number of benzene rings is 1. The number of aromatic nitrogens is 6. The first-order valence-corrected chi connectivity index (χ1v) is 8.75. The van der Waals surface area contributed by atoms with Crippen molar-refractivity contribution in [1.82, 2.24) is 29.5 Å². The standard InChI is InChI=1S/C18H13F3N6O4/c1-26-16-12(6-23-26)17(29)27(9-22-16)7-14(28)30-8-13-24-15(25-31-13)10-2-4-11(5-3-10)18(19,20)21/h2-6,9H,7-8H2,1H3. The molecule has 0 unspecified atom stereocenters. The Morgan fingerprint density at radius 3 is 2.68 bits per heavy atom. The van der Waals surface area contributed by atoms with Crippen LogP contribution < -0.4 is 5.56 Å². The van der Waals surface area contributed by atoms with E-state index in [1.165, 1.54) is 29.3 Å². The van der Waals surface area contributed by atoms with E-state index in [4.69, 9.17) is 9.26 Å². The van der Waals surface area contributed by atoms with Gasteiger partial charge in [-0.3, -0.25) is 18.8 Å². The average Bonchev–Trinajstić information content (AvgIpc) is 3.35. The number of ether oxygens (including phenoxy) is 1. The first kappa shape index (κ1) is 20.3. The van der Waals surface area contributed by atoms with Crippen molar-refractivity contribution >= 4 is 17.0 Å². The van der Waals surface area contributed by atoms with Crippen LogP contribution in [0.2, 0.25) is 0 Å². The average molecular weight is 434 g/mol. The third-order valence-electron chi connectivity index (χ3n) is 4.31. The fourth-order valence-electron chi connectivity index (χ4n) is 2.75. The highest BCUT2D eigenvalue weighted by atomic mass is 19.4. The van der Waals surface area contributed by atoms with Gasteiger partial charge < -0.3 is 9.26 Å². The summed E-state index contributed by atoms with van der Waals surface area (Å²) >= 11 is 0. The van der Waals surface area contributed by atoms with E-state index in [1.807, 2.05) is 0 Å². The third-order valence-corrected chi connectivity index (χ3v) is 4.31.